The summed E-state index contributed by atoms with van der Waals surface area (Å²) in [5.74, 6) is 5.33. The van der Waals surface area contributed by atoms with E-state index >= 15 is 0 Å². The van der Waals surface area contributed by atoms with Crippen molar-refractivity contribution in [2.75, 3.05) is 13.1 Å². The quantitative estimate of drug-likeness (QED) is 0.427. The molecule has 1 rings (SSSR count). The number of ether oxygens (including phenoxy) is 1. The summed E-state index contributed by atoms with van der Waals surface area (Å²) in [4.78, 5) is 10.5. The first-order valence-electron chi connectivity index (χ1n) is 3.85. The number of hydrogen-bond acceptors (Lipinski definition) is 4. The molecule has 0 radical (unpaired) electrons. The smallest absolute Gasteiger partial charge is 0.302 e. The molecular weight excluding hydrogens is 144 g/mol. The van der Waals surface area contributed by atoms with Gasteiger partial charge in [-0.2, -0.15) is 0 Å². The van der Waals surface area contributed by atoms with E-state index in [-0.39, 0.29) is 12.1 Å². The minimum Gasteiger partial charge on any atom is -0.462 e. The molecule has 0 atom stereocenters. The molecule has 4 nitrogen and oxygen atoms in total. The first kappa shape index (κ1) is 8.49. The topological polar surface area (TPSA) is 55.6 Å². The fourth-order valence-electron chi connectivity index (χ4n) is 1.23. The molecule has 2 N–H and O–H groups in total. The molecule has 64 valence electrons. The molecule has 0 aliphatic carbocycles. The van der Waals surface area contributed by atoms with E-state index < -0.39 is 0 Å². The van der Waals surface area contributed by atoms with Crippen molar-refractivity contribution in [2.24, 2.45) is 5.84 Å². The van der Waals surface area contributed by atoms with Gasteiger partial charge in [0.05, 0.1) is 0 Å². The third kappa shape index (κ3) is 2.86. The van der Waals surface area contributed by atoms with Crippen LogP contribution in [-0.4, -0.2) is 30.2 Å². The van der Waals surface area contributed by atoms with Crippen LogP contribution in [0.3, 0.4) is 0 Å². The van der Waals surface area contributed by atoms with E-state index in [0.717, 1.165) is 25.9 Å². The summed E-state index contributed by atoms with van der Waals surface area (Å²) in [5, 5.41) is 1.75. The van der Waals surface area contributed by atoms with Gasteiger partial charge in [0, 0.05) is 20.0 Å². The van der Waals surface area contributed by atoms with Gasteiger partial charge in [0.1, 0.15) is 6.10 Å². The fraction of sp³-hybridized carbons (Fsp3) is 0.857. The van der Waals surface area contributed by atoms with E-state index in [2.05, 4.69) is 0 Å². The van der Waals surface area contributed by atoms with Crippen LogP contribution in [0.5, 0.6) is 0 Å². The number of piperidine rings is 1. The predicted molar refractivity (Wildman–Crippen MR) is 40.5 cm³/mol. The van der Waals surface area contributed by atoms with Gasteiger partial charge in [0.2, 0.25) is 0 Å². The van der Waals surface area contributed by atoms with Gasteiger partial charge >= 0.3 is 5.97 Å². The molecule has 11 heavy (non-hydrogen) atoms. The maximum atomic E-state index is 10.5. The SMILES string of the molecule is CC(=O)OC1CCN(N)CC1. The number of nitrogens with zero attached hydrogens (tertiary/aromatic N) is 1. The van der Waals surface area contributed by atoms with Gasteiger partial charge < -0.3 is 4.74 Å². The lowest BCUT2D eigenvalue weighted by molar-refractivity contribution is -0.148. The highest BCUT2D eigenvalue weighted by Gasteiger charge is 2.18. The molecule has 4 heteroatoms. The summed E-state index contributed by atoms with van der Waals surface area (Å²) in [6.45, 7) is 3.07. The number of carbonyl (C=O) groups is 1. The third-order valence-electron chi connectivity index (χ3n) is 1.81. The predicted octanol–water partition coefficient (Wildman–Crippen LogP) is -0.112. The zero-order chi connectivity index (χ0) is 8.27. The number of carbonyl (C=O) groups excluding carboxylic acids is 1. The van der Waals surface area contributed by atoms with Crippen LogP contribution < -0.4 is 5.84 Å². The molecule has 1 heterocycles. The first-order chi connectivity index (χ1) is 5.18. The second-order valence-corrected chi connectivity index (χ2v) is 2.84. The third-order valence-corrected chi connectivity index (χ3v) is 1.81. The summed E-state index contributed by atoms with van der Waals surface area (Å²) in [6.07, 6.45) is 1.80. The van der Waals surface area contributed by atoms with Crippen molar-refractivity contribution in [3.05, 3.63) is 0 Å². The second-order valence-electron chi connectivity index (χ2n) is 2.84. The molecule has 0 saturated carbocycles. The van der Waals surface area contributed by atoms with Crippen molar-refractivity contribution in [2.45, 2.75) is 25.9 Å². The zero-order valence-corrected chi connectivity index (χ0v) is 6.75. The number of esters is 1. The molecule has 0 unspecified atom stereocenters. The number of rotatable bonds is 1. The molecule has 1 fully saturated rings. The van der Waals surface area contributed by atoms with Crippen molar-refractivity contribution in [1.29, 1.82) is 0 Å². The molecule has 0 aromatic heterocycles. The highest BCUT2D eigenvalue weighted by Crippen LogP contribution is 2.10. The van der Waals surface area contributed by atoms with Gasteiger partial charge in [-0.3, -0.25) is 10.6 Å². The summed E-state index contributed by atoms with van der Waals surface area (Å²) in [5.41, 5.74) is 0. The van der Waals surface area contributed by atoms with E-state index in [1.165, 1.54) is 6.92 Å². The summed E-state index contributed by atoms with van der Waals surface area (Å²) >= 11 is 0. The van der Waals surface area contributed by atoms with Crippen LogP contribution in [-0.2, 0) is 9.53 Å². The number of hydrogen-bond donors (Lipinski definition) is 1. The standard InChI is InChI=1S/C7H14N2O2/c1-6(10)11-7-2-4-9(8)5-3-7/h7H,2-5,8H2,1H3. The van der Waals surface area contributed by atoms with E-state index in [1.54, 1.807) is 5.01 Å². The number of hydrazine groups is 1. The van der Waals surface area contributed by atoms with Crippen LogP contribution in [0.4, 0.5) is 0 Å². The van der Waals surface area contributed by atoms with Crippen LogP contribution in [0.2, 0.25) is 0 Å². The molecule has 1 saturated heterocycles. The highest BCUT2D eigenvalue weighted by atomic mass is 16.5. The Morgan fingerprint density at radius 2 is 2.09 bits per heavy atom. The molecule has 1 aliphatic rings. The minimum absolute atomic E-state index is 0.0901. The van der Waals surface area contributed by atoms with Crippen LogP contribution in [0, 0.1) is 0 Å². The van der Waals surface area contributed by atoms with E-state index in [4.69, 9.17) is 10.6 Å². The normalized spacial score (nSPS) is 21.6. The molecule has 0 aromatic carbocycles. The zero-order valence-electron chi connectivity index (χ0n) is 6.75. The molecule has 0 bridgehead atoms. The van der Waals surface area contributed by atoms with E-state index in [1.807, 2.05) is 0 Å². The Morgan fingerprint density at radius 3 is 2.55 bits per heavy atom. The Hall–Kier alpha value is -0.610. The average molecular weight is 158 g/mol. The van der Waals surface area contributed by atoms with Crippen LogP contribution in [0.25, 0.3) is 0 Å². The largest absolute Gasteiger partial charge is 0.462 e. The van der Waals surface area contributed by atoms with Crippen molar-refractivity contribution in [3.8, 4) is 0 Å². The molecule has 0 aromatic rings. The minimum atomic E-state index is -0.194. The highest BCUT2D eigenvalue weighted by molar-refractivity contribution is 5.66. The van der Waals surface area contributed by atoms with Crippen LogP contribution >= 0.6 is 0 Å². The fourth-order valence-corrected chi connectivity index (χ4v) is 1.23. The number of nitrogens with two attached hydrogens (primary N) is 1. The van der Waals surface area contributed by atoms with Crippen LogP contribution in [0.1, 0.15) is 19.8 Å². The first-order valence-corrected chi connectivity index (χ1v) is 3.85. The van der Waals surface area contributed by atoms with Gasteiger partial charge in [0.25, 0.3) is 0 Å². The summed E-state index contributed by atoms with van der Waals surface area (Å²) < 4.78 is 5.02. The lowest BCUT2D eigenvalue weighted by Crippen LogP contribution is -2.41. The summed E-state index contributed by atoms with van der Waals surface area (Å²) in [6, 6.07) is 0. The van der Waals surface area contributed by atoms with Gasteiger partial charge in [-0.15, -0.1) is 0 Å². The second kappa shape index (κ2) is 3.69. The van der Waals surface area contributed by atoms with Gasteiger partial charge in [-0.25, -0.2) is 5.01 Å². The van der Waals surface area contributed by atoms with Gasteiger partial charge in [0.15, 0.2) is 0 Å². The van der Waals surface area contributed by atoms with Gasteiger partial charge in [-0.05, 0) is 12.8 Å². The molecule has 0 spiro atoms. The van der Waals surface area contributed by atoms with E-state index in [9.17, 15) is 4.79 Å². The Balaban J connectivity index is 2.22. The average Bonchev–Trinajstić information content (AvgIpc) is 1.93. The van der Waals surface area contributed by atoms with Crippen molar-refractivity contribution >= 4 is 5.97 Å². The lowest BCUT2D eigenvalue weighted by atomic mass is 10.1. The monoisotopic (exact) mass is 158 g/mol. The maximum Gasteiger partial charge on any atom is 0.302 e. The lowest BCUT2D eigenvalue weighted by Gasteiger charge is -2.27. The molecular formula is C7H14N2O2. The Labute approximate surface area is 66.3 Å². The maximum absolute atomic E-state index is 10.5. The molecule has 1 aliphatic heterocycles. The van der Waals surface area contributed by atoms with Crippen molar-refractivity contribution in [3.63, 3.8) is 0 Å². The summed E-state index contributed by atoms with van der Waals surface area (Å²) in [7, 11) is 0. The van der Waals surface area contributed by atoms with Gasteiger partial charge in [-0.1, -0.05) is 0 Å². The van der Waals surface area contributed by atoms with Crippen molar-refractivity contribution in [1.82, 2.24) is 5.01 Å². The van der Waals surface area contributed by atoms with E-state index in [0.29, 0.717) is 0 Å². The molecule has 0 amide bonds. The van der Waals surface area contributed by atoms with Crippen molar-refractivity contribution < 1.29 is 9.53 Å². The Bertz CT molecular complexity index is 141. The Kier molecular flexibility index (Phi) is 2.84. The Morgan fingerprint density at radius 1 is 1.55 bits per heavy atom. The van der Waals surface area contributed by atoms with Crippen LogP contribution in [0.15, 0.2) is 0 Å².